The molecule has 70 valence electrons. The second kappa shape index (κ2) is 3.93. The van der Waals surface area contributed by atoms with Gasteiger partial charge < -0.3 is 5.32 Å². The maximum absolute atomic E-state index is 3.37. The van der Waals surface area contributed by atoms with Crippen molar-refractivity contribution >= 4 is 0 Å². The van der Waals surface area contributed by atoms with Gasteiger partial charge in [-0.2, -0.15) is 0 Å². The standard InChI is InChI=1S/C12H17N/c1-10(12-9-13-12)7-8-11-5-3-2-4-6-11/h2-6,10,12-13H,7-9H2,1H3. The van der Waals surface area contributed by atoms with E-state index in [2.05, 4.69) is 42.6 Å². The summed E-state index contributed by atoms with van der Waals surface area (Å²) in [5.74, 6) is 0.834. The van der Waals surface area contributed by atoms with Crippen LogP contribution < -0.4 is 5.32 Å². The predicted octanol–water partition coefficient (Wildman–Crippen LogP) is 2.23. The van der Waals surface area contributed by atoms with E-state index in [0.717, 1.165) is 12.0 Å². The van der Waals surface area contributed by atoms with Gasteiger partial charge in [-0.15, -0.1) is 0 Å². The van der Waals surface area contributed by atoms with Crippen LogP contribution in [0, 0.1) is 5.92 Å². The Kier molecular flexibility index (Phi) is 2.65. The van der Waals surface area contributed by atoms with E-state index in [1.807, 2.05) is 0 Å². The first-order chi connectivity index (χ1) is 6.36. The SMILES string of the molecule is CC(CCc1ccccc1)C1CN1. The third-order valence-corrected chi connectivity index (χ3v) is 2.86. The van der Waals surface area contributed by atoms with Crippen LogP contribution >= 0.6 is 0 Å². The Morgan fingerprint density at radius 2 is 2.08 bits per heavy atom. The molecular weight excluding hydrogens is 158 g/mol. The molecule has 1 heteroatoms. The molecular formula is C12H17N. The Balaban J connectivity index is 1.78. The van der Waals surface area contributed by atoms with E-state index in [-0.39, 0.29) is 0 Å². The van der Waals surface area contributed by atoms with Crippen LogP contribution in [-0.4, -0.2) is 12.6 Å². The predicted molar refractivity (Wildman–Crippen MR) is 55.7 cm³/mol. The Labute approximate surface area is 80.2 Å². The van der Waals surface area contributed by atoms with Crippen LogP contribution in [0.3, 0.4) is 0 Å². The Morgan fingerprint density at radius 3 is 2.69 bits per heavy atom. The van der Waals surface area contributed by atoms with Crippen molar-refractivity contribution in [2.75, 3.05) is 6.54 Å². The molecule has 2 atom stereocenters. The van der Waals surface area contributed by atoms with E-state index in [4.69, 9.17) is 0 Å². The van der Waals surface area contributed by atoms with E-state index in [1.54, 1.807) is 0 Å². The zero-order valence-electron chi connectivity index (χ0n) is 8.16. The average Bonchev–Trinajstić information content (AvgIpc) is 2.99. The Hall–Kier alpha value is -0.820. The van der Waals surface area contributed by atoms with Gasteiger partial charge in [0.25, 0.3) is 0 Å². The quantitative estimate of drug-likeness (QED) is 0.696. The summed E-state index contributed by atoms with van der Waals surface area (Å²) in [5, 5.41) is 3.37. The van der Waals surface area contributed by atoms with E-state index >= 15 is 0 Å². The molecule has 1 N–H and O–H groups in total. The highest BCUT2D eigenvalue weighted by atomic mass is 15.1. The molecule has 1 aliphatic heterocycles. The van der Waals surface area contributed by atoms with Crippen molar-refractivity contribution < 1.29 is 0 Å². The lowest BCUT2D eigenvalue weighted by Gasteiger charge is -2.08. The molecule has 1 aromatic rings. The summed E-state index contributed by atoms with van der Waals surface area (Å²) in [6.45, 7) is 3.57. The number of hydrogen-bond donors (Lipinski definition) is 1. The van der Waals surface area contributed by atoms with Crippen LogP contribution in [0.15, 0.2) is 30.3 Å². The van der Waals surface area contributed by atoms with Crippen molar-refractivity contribution in [1.82, 2.24) is 5.32 Å². The number of benzene rings is 1. The minimum Gasteiger partial charge on any atom is -0.311 e. The van der Waals surface area contributed by atoms with Crippen LogP contribution in [0.5, 0.6) is 0 Å². The molecule has 0 bridgehead atoms. The van der Waals surface area contributed by atoms with E-state index in [0.29, 0.717) is 0 Å². The highest BCUT2D eigenvalue weighted by Gasteiger charge is 2.26. The minimum atomic E-state index is 0.809. The van der Waals surface area contributed by atoms with Crippen LogP contribution in [-0.2, 0) is 6.42 Å². The molecule has 1 fully saturated rings. The lowest BCUT2D eigenvalue weighted by molar-refractivity contribution is 0.522. The molecule has 0 radical (unpaired) electrons. The molecule has 0 aromatic heterocycles. The number of nitrogens with one attached hydrogen (secondary N) is 1. The molecule has 0 saturated carbocycles. The zero-order valence-corrected chi connectivity index (χ0v) is 8.16. The van der Waals surface area contributed by atoms with Gasteiger partial charge in [-0.1, -0.05) is 37.3 Å². The van der Waals surface area contributed by atoms with Crippen molar-refractivity contribution in [3.8, 4) is 0 Å². The molecule has 1 aliphatic rings. The average molecular weight is 175 g/mol. The molecule has 0 spiro atoms. The lowest BCUT2D eigenvalue weighted by Crippen LogP contribution is -2.07. The van der Waals surface area contributed by atoms with E-state index < -0.39 is 0 Å². The van der Waals surface area contributed by atoms with Crippen molar-refractivity contribution in [1.29, 1.82) is 0 Å². The van der Waals surface area contributed by atoms with Gasteiger partial charge in [0, 0.05) is 12.6 Å². The first-order valence-electron chi connectivity index (χ1n) is 5.13. The fraction of sp³-hybridized carbons (Fsp3) is 0.500. The van der Waals surface area contributed by atoms with Crippen LogP contribution in [0.25, 0.3) is 0 Å². The molecule has 13 heavy (non-hydrogen) atoms. The molecule has 2 rings (SSSR count). The maximum atomic E-state index is 3.37. The summed E-state index contributed by atoms with van der Waals surface area (Å²) < 4.78 is 0. The summed E-state index contributed by atoms with van der Waals surface area (Å²) >= 11 is 0. The highest BCUT2D eigenvalue weighted by Crippen LogP contribution is 2.17. The minimum absolute atomic E-state index is 0.809. The Bertz CT molecular complexity index is 251. The van der Waals surface area contributed by atoms with Gasteiger partial charge in [-0.25, -0.2) is 0 Å². The van der Waals surface area contributed by atoms with E-state index in [9.17, 15) is 0 Å². The van der Waals surface area contributed by atoms with Crippen LogP contribution in [0.4, 0.5) is 0 Å². The fourth-order valence-electron chi connectivity index (χ4n) is 1.71. The van der Waals surface area contributed by atoms with Crippen LogP contribution in [0.1, 0.15) is 18.9 Å². The number of aryl methyl sites for hydroxylation is 1. The molecule has 1 nitrogen and oxygen atoms in total. The van der Waals surface area contributed by atoms with Crippen molar-refractivity contribution in [3.63, 3.8) is 0 Å². The largest absolute Gasteiger partial charge is 0.311 e. The third kappa shape index (κ3) is 2.56. The summed E-state index contributed by atoms with van der Waals surface area (Å²) in [5.41, 5.74) is 1.47. The summed E-state index contributed by atoms with van der Waals surface area (Å²) in [6, 6.07) is 11.6. The molecule has 0 aliphatic carbocycles. The molecule has 2 unspecified atom stereocenters. The third-order valence-electron chi connectivity index (χ3n) is 2.86. The second-order valence-electron chi connectivity index (χ2n) is 4.02. The van der Waals surface area contributed by atoms with Crippen molar-refractivity contribution in [2.24, 2.45) is 5.92 Å². The second-order valence-corrected chi connectivity index (χ2v) is 4.02. The van der Waals surface area contributed by atoms with Gasteiger partial charge in [0.1, 0.15) is 0 Å². The van der Waals surface area contributed by atoms with Gasteiger partial charge in [0.15, 0.2) is 0 Å². The molecule has 1 heterocycles. The number of hydrogen-bond acceptors (Lipinski definition) is 1. The first-order valence-corrected chi connectivity index (χ1v) is 5.13. The van der Waals surface area contributed by atoms with Crippen molar-refractivity contribution in [3.05, 3.63) is 35.9 Å². The monoisotopic (exact) mass is 175 g/mol. The summed E-state index contributed by atoms with van der Waals surface area (Å²) in [7, 11) is 0. The van der Waals surface area contributed by atoms with Gasteiger partial charge in [-0.3, -0.25) is 0 Å². The summed E-state index contributed by atoms with van der Waals surface area (Å²) in [4.78, 5) is 0. The normalized spacial score (nSPS) is 22.7. The smallest absolute Gasteiger partial charge is 0.0218 e. The zero-order chi connectivity index (χ0) is 9.10. The lowest BCUT2D eigenvalue weighted by atomic mass is 9.98. The van der Waals surface area contributed by atoms with Gasteiger partial charge in [0.05, 0.1) is 0 Å². The molecule has 1 saturated heterocycles. The Morgan fingerprint density at radius 1 is 1.38 bits per heavy atom. The maximum Gasteiger partial charge on any atom is 0.0218 e. The molecule has 1 aromatic carbocycles. The van der Waals surface area contributed by atoms with Gasteiger partial charge >= 0.3 is 0 Å². The molecule has 0 amide bonds. The van der Waals surface area contributed by atoms with Crippen molar-refractivity contribution in [2.45, 2.75) is 25.8 Å². The summed E-state index contributed by atoms with van der Waals surface area (Å²) in [6.07, 6.45) is 2.53. The van der Waals surface area contributed by atoms with Gasteiger partial charge in [0.2, 0.25) is 0 Å². The number of rotatable bonds is 4. The fourth-order valence-corrected chi connectivity index (χ4v) is 1.71. The van der Waals surface area contributed by atoms with Gasteiger partial charge in [-0.05, 0) is 24.3 Å². The van der Waals surface area contributed by atoms with E-state index in [1.165, 1.54) is 24.9 Å². The van der Waals surface area contributed by atoms with Crippen LogP contribution in [0.2, 0.25) is 0 Å². The topological polar surface area (TPSA) is 21.9 Å². The first kappa shape index (κ1) is 8.76. The highest BCUT2D eigenvalue weighted by molar-refractivity contribution is 5.14.